The summed E-state index contributed by atoms with van der Waals surface area (Å²) in [4.78, 5) is 14.8. The first-order valence-corrected chi connectivity index (χ1v) is 6.76. The van der Waals surface area contributed by atoms with Crippen molar-refractivity contribution < 1.29 is 14.4 Å². The van der Waals surface area contributed by atoms with Crippen molar-refractivity contribution in [3.05, 3.63) is 11.7 Å². The van der Waals surface area contributed by atoms with Gasteiger partial charge in [0.15, 0.2) is 5.82 Å². The van der Waals surface area contributed by atoms with Crippen molar-refractivity contribution in [2.45, 2.75) is 32.9 Å². The molecule has 0 radical (unpaired) electrons. The van der Waals surface area contributed by atoms with Crippen molar-refractivity contribution >= 4 is 17.7 Å². The van der Waals surface area contributed by atoms with Crippen LogP contribution in [-0.4, -0.2) is 27.0 Å². The van der Waals surface area contributed by atoms with Crippen LogP contribution in [0.25, 0.3) is 0 Å². The monoisotopic (exact) mass is 258 g/mol. The first kappa shape index (κ1) is 14.0. The lowest BCUT2D eigenvalue weighted by Gasteiger charge is -2.02. The van der Waals surface area contributed by atoms with Crippen molar-refractivity contribution in [2.24, 2.45) is 11.8 Å². The van der Waals surface area contributed by atoms with Crippen LogP contribution in [-0.2, 0) is 17.0 Å². The zero-order chi connectivity index (χ0) is 12.8. The average Bonchev–Trinajstić information content (AvgIpc) is 2.64. The summed E-state index contributed by atoms with van der Waals surface area (Å²) in [7, 11) is 0. The van der Waals surface area contributed by atoms with Crippen molar-refractivity contribution in [1.82, 2.24) is 10.1 Å². The predicted octanol–water partition coefficient (Wildman–Crippen LogP) is 2.22. The molecule has 0 saturated carbocycles. The lowest BCUT2D eigenvalue weighted by Crippen LogP contribution is -2.11. The van der Waals surface area contributed by atoms with Crippen LogP contribution in [0.4, 0.5) is 0 Å². The first-order valence-electron chi connectivity index (χ1n) is 5.61. The molecular weight excluding hydrogens is 240 g/mol. The van der Waals surface area contributed by atoms with E-state index in [1.165, 1.54) is 11.8 Å². The average molecular weight is 258 g/mol. The van der Waals surface area contributed by atoms with Crippen molar-refractivity contribution in [3.63, 3.8) is 0 Å². The number of carboxylic acids is 1. The van der Waals surface area contributed by atoms with Crippen LogP contribution >= 0.6 is 11.8 Å². The Kier molecular flexibility index (Phi) is 5.47. The summed E-state index contributed by atoms with van der Waals surface area (Å²) in [5, 5.41) is 12.6. The quantitative estimate of drug-likeness (QED) is 0.808. The molecule has 0 saturated heterocycles. The topological polar surface area (TPSA) is 76.2 Å². The Morgan fingerprint density at radius 2 is 2.18 bits per heavy atom. The largest absolute Gasteiger partial charge is 0.481 e. The predicted molar refractivity (Wildman–Crippen MR) is 65.8 cm³/mol. The third-order valence-electron chi connectivity index (χ3n) is 2.12. The van der Waals surface area contributed by atoms with Crippen molar-refractivity contribution in [3.8, 4) is 0 Å². The molecule has 17 heavy (non-hydrogen) atoms. The molecule has 0 aliphatic carbocycles. The van der Waals surface area contributed by atoms with E-state index < -0.39 is 5.97 Å². The Morgan fingerprint density at radius 3 is 2.76 bits per heavy atom. The maximum Gasteiger partial charge on any atom is 0.307 e. The second-order valence-electron chi connectivity index (χ2n) is 4.46. The number of carbonyl (C=O) groups is 1. The Labute approximate surface area is 105 Å². The smallest absolute Gasteiger partial charge is 0.307 e. The summed E-state index contributed by atoms with van der Waals surface area (Å²) in [6.45, 7) is 5.88. The van der Waals surface area contributed by atoms with Crippen molar-refractivity contribution in [2.75, 3.05) is 5.75 Å². The van der Waals surface area contributed by atoms with Crippen LogP contribution in [0.5, 0.6) is 0 Å². The van der Waals surface area contributed by atoms with Gasteiger partial charge in [-0.1, -0.05) is 25.9 Å². The number of hydrogen-bond acceptors (Lipinski definition) is 5. The molecule has 0 spiro atoms. The van der Waals surface area contributed by atoms with E-state index in [-0.39, 0.29) is 5.92 Å². The molecule has 0 amide bonds. The highest BCUT2D eigenvalue weighted by molar-refractivity contribution is 7.98. The molecule has 1 aromatic rings. The molecule has 6 heteroatoms. The fourth-order valence-corrected chi connectivity index (χ4v) is 2.10. The van der Waals surface area contributed by atoms with E-state index in [2.05, 4.69) is 24.0 Å². The van der Waals surface area contributed by atoms with E-state index in [9.17, 15) is 4.79 Å². The highest BCUT2D eigenvalue weighted by atomic mass is 32.2. The molecule has 1 heterocycles. The molecule has 0 fully saturated rings. The molecule has 0 bridgehead atoms. The van der Waals surface area contributed by atoms with Gasteiger partial charge in [0.25, 0.3) is 0 Å². The minimum absolute atomic E-state index is 0.349. The van der Waals surface area contributed by atoms with E-state index in [1.54, 1.807) is 6.92 Å². The molecule has 0 aromatic carbocycles. The van der Waals surface area contributed by atoms with Gasteiger partial charge in [-0.25, -0.2) is 0 Å². The van der Waals surface area contributed by atoms with Gasteiger partial charge in [-0.2, -0.15) is 16.7 Å². The fraction of sp³-hybridized carbons (Fsp3) is 0.727. The standard InChI is InChI=1S/C11H18N2O3S/c1-7(2)4-9-12-10(16-13-9)6-17-5-8(3)11(14)15/h7-8H,4-6H2,1-3H3,(H,14,15). The van der Waals surface area contributed by atoms with E-state index in [4.69, 9.17) is 9.63 Å². The van der Waals surface area contributed by atoms with Gasteiger partial charge in [-0.3, -0.25) is 4.79 Å². The first-order chi connectivity index (χ1) is 7.99. The van der Waals surface area contributed by atoms with Crippen LogP contribution in [0.2, 0.25) is 0 Å². The molecule has 0 aliphatic heterocycles. The van der Waals surface area contributed by atoms with Crippen LogP contribution < -0.4 is 0 Å². The Hall–Kier alpha value is -1.04. The molecule has 1 aromatic heterocycles. The number of aromatic nitrogens is 2. The zero-order valence-electron chi connectivity index (χ0n) is 10.3. The lowest BCUT2D eigenvalue weighted by molar-refractivity contribution is -0.140. The van der Waals surface area contributed by atoms with Gasteiger partial charge in [0.05, 0.1) is 11.7 Å². The third kappa shape index (κ3) is 5.21. The number of thioether (sulfide) groups is 1. The fourth-order valence-electron chi connectivity index (χ4n) is 1.19. The molecule has 0 aliphatic rings. The maximum absolute atomic E-state index is 10.6. The normalized spacial score (nSPS) is 12.9. The molecule has 1 unspecified atom stereocenters. The summed E-state index contributed by atoms with van der Waals surface area (Å²) in [6.07, 6.45) is 0.805. The summed E-state index contributed by atoms with van der Waals surface area (Å²) in [6, 6.07) is 0. The van der Waals surface area contributed by atoms with Gasteiger partial charge in [0, 0.05) is 12.2 Å². The van der Waals surface area contributed by atoms with Crippen LogP contribution in [0.15, 0.2) is 4.52 Å². The van der Waals surface area contributed by atoms with Gasteiger partial charge in [0.1, 0.15) is 0 Å². The van der Waals surface area contributed by atoms with E-state index in [1.807, 2.05) is 0 Å². The summed E-state index contributed by atoms with van der Waals surface area (Å²) >= 11 is 1.50. The van der Waals surface area contributed by atoms with Gasteiger partial charge in [0.2, 0.25) is 5.89 Å². The Morgan fingerprint density at radius 1 is 1.47 bits per heavy atom. The van der Waals surface area contributed by atoms with Crippen LogP contribution in [0, 0.1) is 11.8 Å². The van der Waals surface area contributed by atoms with E-state index in [0.717, 1.165) is 12.2 Å². The molecule has 1 rings (SSSR count). The highest BCUT2D eigenvalue weighted by Gasteiger charge is 2.12. The molecule has 1 atom stereocenters. The number of rotatable bonds is 7. The molecular formula is C11H18N2O3S. The summed E-state index contributed by atoms with van der Waals surface area (Å²) < 4.78 is 5.08. The maximum atomic E-state index is 10.6. The van der Waals surface area contributed by atoms with Crippen molar-refractivity contribution in [1.29, 1.82) is 0 Å². The molecule has 5 nitrogen and oxygen atoms in total. The Bertz CT molecular complexity index is 365. The summed E-state index contributed by atoms with van der Waals surface area (Å²) in [5.74, 6) is 1.80. The van der Waals surface area contributed by atoms with Gasteiger partial charge >= 0.3 is 5.97 Å². The second-order valence-corrected chi connectivity index (χ2v) is 5.49. The van der Waals surface area contributed by atoms with Crippen LogP contribution in [0.1, 0.15) is 32.5 Å². The number of aliphatic carboxylic acids is 1. The number of carboxylic acid groups (broad SMARTS) is 1. The minimum Gasteiger partial charge on any atom is -0.481 e. The molecule has 1 N–H and O–H groups in total. The molecule has 96 valence electrons. The minimum atomic E-state index is -0.775. The number of nitrogens with zero attached hydrogens (tertiary/aromatic N) is 2. The van der Waals surface area contributed by atoms with Gasteiger partial charge in [-0.15, -0.1) is 0 Å². The van der Waals surface area contributed by atoms with Gasteiger partial charge in [-0.05, 0) is 5.92 Å². The third-order valence-corrected chi connectivity index (χ3v) is 3.30. The Balaban J connectivity index is 2.32. The highest BCUT2D eigenvalue weighted by Crippen LogP contribution is 2.15. The number of hydrogen-bond donors (Lipinski definition) is 1. The van der Waals surface area contributed by atoms with E-state index in [0.29, 0.717) is 23.3 Å². The second kappa shape index (κ2) is 6.64. The summed E-state index contributed by atoms with van der Waals surface area (Å²) in [5.41, 5.74) is 0. The van der Waals surface area contributed by atoms with E-state index >= 15 is 0 Å². The van der Waals surface area contributed by atoms with Crippen LogP contribution in [0.3, 0.4) is 0 Å². The van der Waals surface area contributed by atoms with Gasteiger partial charge < -0.3 is 9.63 Å². The lowest BCUT2D eigenvalue weighted by atomic mass is 10.1. The zero-order valence-corrected chi connectivity index (χ0v) is 11.2. The SMILES string of the molecule is CC(C)Cc1noc(CSCC(C)C(=O)O)n1.